The molecule has 1 aromatic carbocycles. The lowest BCUT2D eigenvalue weighted by Gasteiger charge is -2.34. The number of carbonyl (C=O) groups is 1. The molecule has 0 N–H and O–H groups in total. The van der Waals surface area contributed by atoms with Gasteiger partial charge in [-0.2, -0.15) is 0 Å². The van der Waals surface area contributed by atoms with Crippen LogP contribution in [0.25, 0.3) is 0 Å². The molecule has 0 spiro atoms. The zero-order valence-electron chi connectivity index (χ0n) is 14.2. The molecule has 0 radical (unpaired) electrons. The highest BCUT2D eigenvalue weighted by Crippen LogP contribution is 2.45. The number of rotatable bonds is 5. The molecule has 1 aliphatic carbocycles. The third-order valence-corrected chi connectivity index (χ3v) is 6.47. The number of hydrogen-bond acceptors (Lipinski definition) is 3. The van der Waals surface area contributed by atoms with Crippen LogP contribution in [-0.4, -0.2) is 13.1 Å². The molecule has 0 heterocycles. The maximum atomic E-state index is 12.7. The highest BCUT2D eigenvalue weighted by atomic mass is 127. The van der Waals surface area contributed by atoms with Crippen LogP contribution < -0.4 is 4.74 Å². The standard InChI is InChI=1S/C18H24I2O3/c1-5-17(2,3)16(21)23-18(8-6-7-9-18)12-10-13(19)15(22-4)14(20)11-12/h10-11H,5-9H2,1-4H3. The molecule has 2 rings (SSSR count). The second-order valence-corrected chi connectivity index (χ2v) is 9.13. The van der Waals surface area contributed by atoms with Gasteiger partial charge in [-0.3, -0.25) is 4.79 Å². The lowest BCUT2D eigenvalue weighted by Crippen LogP contribution is -2.36. The Balaban J connectivity index is 2.41. The molecule has 3 nitrogen and oxygen atoms in total. The lowest BCUT2D eigenvalue weighted by molar-refractivity contribution is -0.171. The Morgan fingerprint density at radius 3 is 2.17 bits per heavy atom. The maximum Gasteiger partial charge on any atom is 0.312 e. The molecule has 1 aliphatic rings. The highest BCUT2D eigenvalue weighted by molar-refractivity contribution is 14.1. The Morgan fingerprint density at radius 1 is 1.22 bits per heavy atom. The van der Waals surface area contributed by atoms with Crippen LogP contribution in [0.15, 0.2) is 12.1 Å². The van der Waals surface area contributed by atoms with Gasteiger partial charge in [0, 0.05) is 0 Å². The minimum atomic E-state index is -0.477. The van der Waals surface area contributed by atoms with Crippen LogP contribution >= 0.6 is 45.2 Å². The minimum Gasteiger partial charge on any atom is -0.495 e. The molecule has 0 bridgehead atoms. The SMILES string of the molecule is CCC(C)(C)C(=O)OC1(c2cc(I)c(OC)c(I)c2)CCCC1. The average Bonchev–Trinajstić information content (AvgIpc) is 2.96. The van der Waals surface area contributed by atoms with Crippen molar-refractivity contribution in [2.24, 2.45) is 5.41 Å². The first-order valence-electron chi connectivity index (χ1n) is 8.03. The molecule has 23 heavy (non-hydrogen) atoms. The summed E-state index contributed by atoms with van der Waals surface area (Å²) >= 11 is 4.58. The van der Waals surface area contributed by atoms with Crippen molar-refractivity contribution >= 4 is 51.2 Å². The Kier molecular flexibility index (Phi) is 6.25. The Morgan fingerprint density at radius 2 is 1.74 bits per heavy atom. The fourth-order valence-electron chi connectivity index (χ4n) is 2.87. The second kappa shape index (κ2) is 7.45. The molecule has 0 unspecified atom stereocenters. The van der Waals surface area contributed by atoms with Crippen LogP contribution in [0.4, 0.5) is 0 Å². The number of benzene rings is 1. The summed E-state index contributed by atoms with van der Waals surface area (Å²) in [6.45, 7) is 5.95. The largest absolute Gasteiger partial charge is 0.495 e. The molecule has 0 saturated heterocycles. The van der Waals surface area contributed by atoms with Gasteiger partial charge in [0.05, 0.1) is 19.7 Å². The van der Waals surface area contributed by atoms with E-state index in [4.69, 9.17) is 9.47 Å². The summed E-state index contributed by atoms with van der Waals surface area (Å²) in [4.78, 5) is 12.7. The van der Waals surface area contributed by atoms with Gasteiger partial charge >= 0.3 is 5.97 Å². The van der Waals surface area contributed by atoms with E-state index in [1.54, 1.807) is 7.11 Å². The van der Waals surface area contributed by atoms with Gasteiger partial charge in [0.2, 0.25) is 0 Å². The van der Waals surface area contributed by atoms with E-state index in [9.17, 15) is 4.79 Å². The van der Waals surface area contributed by atoms with Crippen molar-refractivity contribution in [1.29, 1.82) is 0 Å². The van der Waals surface area contributed by atoms with E-state index in [1.165, 1.54) is 0 Å². The van der Waals surface area contributed by atoms with E-state index in [-0.39, 0.29) is 5.97 Å². The van der Waals surface area contributed by atoms with E-state index in [0.29, 0.717) is 0 Å². The van der Waals surface area contributed by atoms with Crippen molar-refractivity contribution in [3.8, 4) is 5.75 Å². The normalized spacial score (nSPS) is 17.1. The van der Waals surface area contributed by atoms with Crippen LogP contribution in [0, 0.1) is 12.6 Å². The van der Waals surface area contributed by atoms with Crippen molar-refractivity contribution in [1.82, 2.24) is 0 Å². The summed E-state index contributed by atoms with van der Waals surface area (Å²) < 4.78 is 13.7. The van der Waals surface area contributed by atoms with Gasteiger partial charge in [-0.05, 0) is 109 Å². The van der Waals surface area contributed by atoms with Crippen molar-refractivity contribution < 1.29 is 14.3 Å². The Bertz CT molecular complexity index is 567. The summed E-state index contributed by atoms with van der Waals surface area (Å²) in [6, 6.07) is 4.22. The third kappa shape index (κ3) is 3.96. The number of hydrogen-bond donors (Lipinski definition) is 0. The molecule has 1 fully saturated rings. The van der Waals surface area contributed by atoms with Gasteiger partial charge in [-0.15, -0.1) is 0 Å². The Labute approximate surface area is 166 Å². The first-order chi connectivity index (χ1) is 10.8. The number of halogens is 2. The first-order valence-corrected chi connectivity index (χ1v) is 10.2. The van der Waals surface area contributed by atoms with E-state index in [1.807, 2.05) is 20.8 Å². The fourth-order valence-corrected chi connectivity index (χ4v) is 5.08. The van der Waals surface area contributed by atoms with Gasteiger partial charge in [0.15, 0.2) is 0 Å². The molecular formula is C18H24I2O3. The smallest absolute Gasteiger partial charge is 0.312 e. The van der Waals surface area contributed by atoms with Crippen molar-refractivity contribution in [3.05, 3.63) is 24.8 Å². The van der Waals surface area contributed by atoms with Crippen molar-refractivity contribution in [2.45, 2.75) is 58.5 Å². The number of carbonyl (C=O) groups excluding carboxylic acids is 1. The van der Waals surface area contributed by atoms with Gasteiger partial charge < -0.3 is 9.47 Å². The molecule has 0 atom stereocenters. The summed E-state index contributed by atoms with van der Waals surface area (Å²) in [7, 11) is 1.69. The summed E-state index contributed by atoms with van der Waals surface area (Å²) in [5.41, 5.74) is 0.183. The van der Waals surface area contributed by atoms with Gasteiger partial charge in [0.25, 0.3) is 0 Å². The maximum absolute atomic E-state index is 12.7. The third-order valence-electron chi connectivity index (χ3n) is 4.86. The molecule has 5 heteroatoms. The molecule has 0 aromatic heterocycles. The topological polar surface area (TPSA) is 35.5 Å². The predicted octanol–water partition coefficient (Wildman–Crippen LogP) is 5.65. The molecule has 1 aromatic rings. The van der Waals surface area contributed by atoms with Gasteiger partial charge in [0.1, 0.15) is 11.4 Å². The highest BCUT2D eigenvalue weighted by Gasteiger charge is 2.43. The van der Waals surface area contributed by atoms with E-state index in [0.717, 1.165) is 50.6 Å². The first kappa shape index (κ1) is 19.3. The Hall–Kier alpha value is -0.0500. The van der Waals surface area contributed by atoms with Crippen LogP contribution in [-0.2, 0) is 15.1 Å². The number of ether oxygens (including phenoxy) is 2. The summed E-state index contributed by atoms with van der Waals surface area (Å²) in [5.74, 6) is 0.797. The fraction of sp³-hybridized carbons (Fsp3) is 0.611. The predicted molar refractivity (Wildman–Crippen MR) is 109 cm³/mol. The van der Waals surface area contributed by atoms with Crippen LogP contribution in [0.2, 0.25) is 0 Å². The molecule has 1 saturated carbocycles. The number of esters is 1. The van der Waals surface area contributed by atoms with E-state index < -0.39 is 11.0 Å². The quantitative estimate of drug-likeness (QED) is 0.357. The molecule has 0 amide bonds. The molecule has 0 aliphatic heterocycles. The van der Waals surface area contributed by atoms with Crippen molar-refractivity contribution in [2.75, 3.05) is 7.11 Å². The zero-order valence-corrected chi connectivity index (χ0v) is 18.5. The van der Waals surface area contributed by atoms with Crippen LogP contribution in [0.3, 0.4) is 0 Å². The van der Waals surface area contributed by atoms with Crippen molar-refractivity contribution in [3.63, 3.8) is 0 Å². The summed E-state index contributed by atoms with van der Waals surface area (Å²) in [5, 5.41) is 0. The van der Waals surface area contributed by atoms with Crippen LogP contribution in [0.1, 0.15) is 58.4 Å². The average molecular weight is 542 g/mol. The second-order valence-electron chi connectivity index (χ2n) is 6.80. The molecular weight excluding hydrogens is 518 g/mol. The van der Waals surface area contributed by atoms with Gasteiger partial charge in [-0.1, -0.05) is 6.92 Å². The minimum absolute atomic E-state index is 0.0947. The number of methoxy groups -OCH3 is 1. The van der Waals surface area contributed by atoms with Crippen LogP contribution in [0.5, 0.6) is 5.75 Å². The van der Waals surface area contributed by atoms with E-state index >= 15 is 0 Å². The molecule has 128 valence electrons. The lowest BCUT2D eigenvalue weighted by atomic mass is 9.88. The monoisotopic (exact) mass is 542 g/mol. The summed E-state index contributed by atoms with van der Waals surface area (Å²) in [6.07, 6.45) is 4.77. The van der Waals surface area contributed by atoms with Gasteiger partial charge in [-0.25, -0.2) is 0 Å². The zero-order chi connectivity index (χ0) is 17.3. The van der Waals surface area contributed by atoms with E-state index in [2.05, 4.69) is 57.3 Å².